The molecule has 0 aliphatic rings. The predicted octanol–water partition coefficient (Wildman–Crippen LogP) is 4.72. The molecule has 1 nitrogen and oxygen atoms in total. The van der Waals surface area contributed by atoms with Crippen LogP contribution in [0.1, 0.15) is 38.6 Å². The van der Waals surface area contributed by atoms with E-state index in [0.717, 1.165) is 25.2 Å². The van der Waals surface area contributed by atoms with E-state index in [2.05, 4.69) is 32.6 Å². The van der Waals surface area contributed by atoms with Gasteiger partial charge in [0.15, 0.2) is 0 Å². The number of nitrogens with zero attached hydrogens (tertiary/aromatic N) is 1. The molecule has 19 heavy (non-hydrogen) atoms. The van der Waals surface area contributed by atoms with Crippen LogP contribution in [0.3, 0.4) is 0 Å². The Morgan fingerprint density at radius 2 is 1.42 bits per heavy atom. The quantitative estimate of drug-likeness (QED) is 0.655. The van der Waals surface area contributed by atoms with E-state index in [0.29, 0.717) is 11.8 Å². The zero-order chi connectivity index (χ0) is 14.4. The molecular formula is C16H25ClFN. The molecule has 0 saturated carbocycles. The van der Waals surface area contributed by atoms with Gasteiger partial charge in [0.2, 0.25) is 0 Å². The summed E-state index contributed by atoms with van der Waals surface area (Å²) in [6.07, 6.45) is 0. The topological polar surface area (TPSA) is 3.24 Å². The number of halogens is 2. The van der Waals surface area contributed by atoms with E-state index in [4.69, 9.17) is 11.6 Å². The Kier molecular flexibility index (Phi) is 6.81. The third-order valence-electron chi connectivity index (χ3n) is 2.90. The minimum absolute atomic E-state index is 0.0851. The van der Waals surface area contributed by atoms with Crippen LogP contribution in [-0.2, 0) is 0 Å². The van der Waals surface area contributed by atoms with Crippen molar-refractivity contribution in [2.45, 2.75) is 33.1 Å². The van der Waals surface area contributed by atoms with E-state index in [9.17, 15) is 4.39 Å². The van der Waals surface area contributed by atoms with Gasteiger partial charge < -0.3 is 4.90 Å². The summed E-state index contributed by atoms with van der Waals surface area (Å²) in [5, 5.41) is -0.0851. The number of benzene rings is 1. The standard InChI is InChI=1S/C16H25ClFN/c1-12(2)9-19(10-13(3)4)11-16(17)14-5-7-15(18)8-6-14/h5-8,12-13,16H,9-11H2,1-4H3. The monoisotopic (exact) mass is 285 g/mol. The number of alkyl halides is 1. The Bertz CT molecular complexity index is 352. The molecule has 1 aromatic carbocycles. The average molecular weight is 286 g/mol. The Labute approximate surface area is 121 Å². The van der Waals surface area contributed by atoms with Gasteiger partial charge >= 0.3 is 0 Å². The summed E-state index contributed by atoms with van der Waals surface area (Å²) in [6, 6.07) is 6.49. The molecule has 0 heterocycles. The molecular weight excluding hydrogens is 261 g/mol. The average Bonchev–Trinajstić information content (AvgIpc) is 2.27. The second-order valence-corrected chi connectivity index (χ2v) is 6.55. The van der Waals surface area contributed by atoms with Crippen molar-refractivity contribution in [3.63, 3.8) is 0 Å². The molecule has 0 N–H and O–H groups in total. The minimum Gasteiger partial charge on any atom is -0.301 e. The molecule has 108 valence electrons. The molecule has 3 heteroatoms. The van der Waals surface area contributed by atoms with E-state index in [1.807, 2.05) is 0 Å². The Morgan fingerprint density at radius 3 is 1.84 bits per heavy atom. The molecule has 0 aliphatic carbocycles. The Morgan fingerprint density at radius 1 is 0.947 bits per heavy atom. The first-order valence-corrected chi connectivity index (χ1v) is 7.44. The van der Waals surface area contributed by atoms with E-state index >= 15 is 0 Å². The van der Waals surface area contributed by atoms with Crippen molar-refractivity contribution in [1.82, 2.24) is 4.90 Å². The van der Waals surface area contributed by atoms with Crippen molar-refractivity contribution >= 4 is 11.6 Å². The second-order valence-electron chi connectivity index (χ2n) is 6.03. The van der Waals surface area contributed by atoms with Gasteiger partial charge in [-0.25, -0.2) is 4.39 Å². The predicted molar refractivity (Wildman–Crippen MR) is 81.1 cm³/mol. The van der Waals surface area contributed by atoms with Crippen LogP contribution in [0.15, 0.2) is 24.3 Å². The first-order chi connectivity index (χ1) is 8.88. The fourth-order valence-electron chi connectivity index (χ4n) is 2.26. The third-order valence-corrected chi connectivity index (χ3v) is 3.29. The van der Waals surface area contributed by atoms with Crippen LogP contribution >= 0.6 is 11.6 Å². The molecule has 0 aromatic heterocycles. The largest absolute Gasteiger partial charge is 0.301 e. The third kappa shape index (κ3) is 6.40. The van der Waals surface area contributed by atoms with Gasteiger partial charge in [0.1, 0.15) is 5.82 Å². The van der Waals surface area contributed by atoms with Crippen molar-refractivity contribution < 1.29 is 4.39 Å². The summed E-state index contributed by atoms with van der Waals surface area (Å²) >= 11 is 6.46. The van der Waals surface area contributed by atoms with Gasteiger partial charge in [-0.3, -0.25) is 0 Å². The normalized spacial score (nSPS) is 13.5. The van der Waals surface area contributed by atoms with Gasteiger partial charge in [-0.05, 0) is 29.5 Å². The fraction of sp³-hybridized carbons (Fsp3) is 0.625. The van der Waals surface area contributed by atoms with Gasteiger partial charge in [0, 0.05) is 19.6 Å². The fourth-order valence-corrected chi connectivity index (χ4v) is 2.60. The van der Waals surface area contributed by atoms with Crippen LogP contribution in [-0.4, -0.2) is 24.5 Å². The maximum atomic E-state index is 12.9. The number of rotatable bonds is 7. The highest BCUT2D eigenvalue weighted by Gasteiger charge is 2.16. The molecule has 0 spiro atoms. The molecule has 1 atom stereocenters. The number of hydrogen-bond acceptors (Lipinski definition) is 1. The molecule has 0 amide bonds. The molecule has 0 bridgehead atoms. The maximum absolute atomic E-state index is 12.9. The lowest BCUT2D eigenvalue weighted by molar-refractivity contribution is 0.219. The van der Waals surface area contributed by atoms with E-state index in [1.165, 1.54) is 12.1 Å². The summed E-state index contributed by atoms with van der Waals surface area (Å²) in [5.41, 5.74) is 0.987. The van der Waals surface area contributed by atoms with Crippen LogP contribution < -0.4 is 0 Å². The van der Waals surface area contributed by atoms with E-state index < -0.39 is 0 Å². The molecule has 1 rings (SSSR count). The van der Waals surface area contributed by atoms with Gasteiger partial charge in [-0.15, -0.1) is 11.6 Å². The highest BCUT2D eigenvalue weighted by atomic mass is 35.5. The molecule has 0 fully saturated rings. The molecule has 0 radical (unpaired) electrons. The molecule has 0 saturated heterocycles. The van der Waals surface area contributed by atoms with Crippen LogP contribution in [0.4, 0.5) is 4.39 Å². The zero-order valence-corrected chi connectivity index (χ0v) is 13.1. The van der Waals surface area contributed by atoms with Crippen molar-refractivity contribution in [1.29, 1.82) is 0 Å². The maximum Gasteiger partial charge on any atom is 0.123 e. The summed E-state index contributed by atoms with van der Waals surface area (Å²) in [7, 11) is 0. The van der Waals surface area contributed by atoms with Crippen LogP contribution in [0.25, 0.3) is 0 Å². The number of hydrogen-bond donors (Lipinski definition) is 0. The Balaban J connectivity index is 2.63. The van der Waals surface area contributed by atoms with E-state index in [-0.39, 0.29) is 11.2 Å². The summed E-state index contributed by atoms with van der Waals surface area (Å²) in [4.78, 5) is 2.40. The lowest BCUT2D eigenvalue weighted by atomic mass is 10.1. The van der Waals surface area contributed by atoms with Crippen LogP contribution in [0.2, 0.25) is 0 Å². The summed E-state index contributed by atoms with van der Waals surface area (Å²) in [5.74, 6) is 1.03. The highest BCUT2D eigenvalue weighted by Crippen LogP contribution is 2.22. The molecule has 0 aliphatic heterocycles. The van der Waals surface area contributed by atoms with Crippen molar-refractivity contribution in [3.05, 3.63) is 35.6 Å². The van der Waals surface area contributed by atoms with Gasteiger partial charge in [-0.2, -0.15) is 0 Å². The second kappa shape index (κ2) is 7.86. The van der Waals surface area contributed by atoms with Crippen LogP contribution in [0, 0.1) is 17.7 Å². The SMILES string of the molecule is CC(C)CN(CC(C)C)CC(Cl)c1ccc(F)cc1. The first kappa shape index (κ1) is 16.5. The van der Waals surface area contributed by atoms with Crippen molar-refractivity contribution in [2.75, 3.05) is 19.6 Å². The molecule has 1 aromatic rings. The lowest BCUT2D eigenvalue weighted by Crippen LogP contribution is -2.34. The van der Waals surface area contributed by atoms with Crippen molar-refractivity contribution in [3.8, 4) is 0 Å². The summed E-state index contributed by atoms with van der Waals surface area (Å²) < 4.78 is 12.9. The van der Waals surface area contributed by atoms with E-state index in [1.54, 1.807) is 12.1 Å². The van der Waals surface area contributed by atoms with Gasteiger partial charge in [-0.1, -0.05) is 39.8 Å². The molecule has 1 unspecified atom stereocenters. The first-order valence-electron chi connectivity index (χ1n) is 7.00. The summed E-state index contributed by atoms with van der Waals surface area (Å²) in [6.45, 7) is 11.8. The zero-order valence-electron chi connectivity index (χ0n) is 12.4. The van der Waals surface area contributed by atoms with Crippen LogP contribution in [0.5, 0.6) is 0 Å². The Hall–Kier alpha value is -0.600. The smallest absolute Gasteiger partial charge is 0.123 e. The van der Waals surface area contributed by atoms with Crippen molar-refractivity contribution in [2.24, 2.45) is 11.8 Å². The minimum atomic E-state index is -0.214. The van der Waals surface area contributed by atoms with Gasteiger partial charge in [0.25, 0.3) is 0 Å². The lowest BCUT2D eigenvalue weighted by Gasteiger charge is -2.28. The van der Waals surface area contributed by atoms with Gasteiger partial charge in [0.05, 0.1) is 5.38 Å². The highest BCUT2D eigenvalue weighted by molar-refractivity contribution is 6.21.